The minimum atomic E-state index is 0.806. The molecule has 0 aliphatic rings. The molecule has 3 nitrogen and oxygen atoms in total. The molecule has 0 atom stereocenters. The van der Waals surface area contributed by atoms with Gasteiger partial charge in [-0.25, -0.2) is 4.98 Å². The maximum absolute atomic E-state index is 5.73. The molecule has 0 amide bonds. The molecule has 0 saturated heterocycles. The lowest BCUT2D eigenvalue weighted by atomic mass is 10.2. The number of aryl methyl sites for hydroxylation is 1. The first-order valence-electron chi connectivity index (χ1n) is 6.20. The summed E-state index contributed by atoms with van der Waals surface area (Å²) in [5, 5.41) is 3.26. The van der Waals surface area contributed by atoms with Crippen molar-refractivity contribution in [3.05, 3.63) is 40.3 Å². The van der Waals surface area contributed by atoms with Gasteiger partial charge in [0, 0.05) is 29.0 Å². The van der Waals surface area contributed by atoms with E-state index in [4.69, 9.17) is 5.73 Å². The number of hydrogen-bond donors (Lipinski definition) is 1. The standard InChI is InChI=1S/C14H19N3S/c1-3-8-17(9-14-16-11(2)10-18-14)13-6-4-12(15)5-7-13/h4-7,10H,3,8-9,15H2,1-2H3. The highest BCUT2D eigenvalue weighted by atomic mass is 32.1. The lowest BCUT2D eigenvalue weighted by Gasteiger charge is -2.23. The SMILES string of the molecule is CCCN(Cc1nc(C)cs1)c1ccc(N)cc1. The molecule has 18 heavy (non-hydrogen) atoms. The van der Waals surface area contributed by atoms with Crippen LogP contribution >= 0.6 is 11.3 Å². The van der Waals surface area contributed by atoms with E-state index in [1.807, 2.05) is 19.1 Å². The molecule has 0 spiro atoms. The minimum Gasteiger partial charge on any atom is -0.399 e. The van der Waals surface area contributed by atoms with Gasteiger partial charge in [0.25, 0.3) is 0 Å². The van der Waals surface area contributed by atoms with Crippen molar-refractivity contribution in [1.82, 2.24) is 4.98 Å². The minimum absolute atomic E-state index is 0.806. The lowest BCUT2D eigenvalue weighted by Crippen LogP contribution is -2.23. The van der Waals surface area contributed by atoms with Crippen LogP contribution in [0.5, 0.6) is 0 Å². The second-order valence-corrected chi connectivity index (χ2v) is 5.34. The molecule has 1 aromatic carbocycles. The molecule has 2 aromatic rings. The summed E-state index contributed by atoms with van der Waals surface area (Å²) in [5.41, 5.74) is 8.84. The zero-order valence-corrected chi connectivity index (χ0v) is 11.7. The van der Waals surface area contributed by atoms with Gasteiger partial charge in [-0.15, -0.1) is 11.3 Å². The third-order valence-corrected chi connectivity index (χ3v) is 3.70. The number of nitrogens with zero attached hydrogens (tertiary/aromatic N) is 2. The van der Waals surface area contributed by atoms with Gasteiger partial charge in [0.05, 0.1) is 6.54 Å². The maximum atomic E-state index is 5.73. The molecule has 0 aliphatic heterocycles. The van der Waals surface area contributed by atoms with Gasteiger partial charge in [-0.3, -0.25) is 0 Å². The van der Waals surface area contributed by atoms with Crippen molar-refractivity contribution in [3.8, 4) is 0 Å². The van der Waals surface area contributed by atoms with E-state index < -0.39 is 0 Å². The molecular formula is C14H19N3S. The first kappa shape index (κ1) is 12.9. The summed E-state index contributed by atoms with van der Waals surface area (Å²) in [7, 11) is 0. The van der Waals surface area contributed by atoms with Crippen molar-refractivity contribution in [1.29, 1.82) is 0 Å². The fourth-order valence-corrected chi connectivity index (χ4v) is 2.68. The van der Waals surface area contributed by atoms with Gasteiger partial charge < -0.3 is 10.6 Å². The highest BCUT2D eigenvalue weighted by Crippen LogP contribution is 2.20. The Hall–Kier alpha value is -1.55. The Kier molecular flexibility index (Phi) is 4.20. The molecule has 1 heterocycles. The summed E-state index contributed by atoms with van der Waals surface area (Å²) in [6, 6.07) is 8.05. The van der Waals surface area contributed by atoms with E-state index >= 15 is 0 Å². The molecule has 0 unspecified atom stereocenters. The highest BCUT2D eigenvalue weighted by Gasteiger charge is 2.08. The van der Waals surface area contributed by atoms with Crippen LogP contribution in [0.1, 0.15) is 24.0 Å². The molecule has 2 N–H and O–H groups in total. The highest BCUT2D eigenvalue weighted by molar-refractivity contribution is 7.09. The first-order valence-corrected chi connectivity index (χ1v) is 7.08. The third kappa shape index (κ3) is 3.23. The van der Waals surface area contributed by atoms with E-state index in [0.29, 0.717) is 0 Å². The van der Waals surface area contributed by atoms with Gasteiger partial charge in [0.2, 0.25) is 0 Å². The van der Waals surface area contributed by atoms with Crippen LogP contribution in [0.4, 0.5) is 11.4 Å². The number of benzene rings is 1. The third-order valence-electron chi connectivity index (χ3n) is 2.74. The van der Waals surface area contributed by atoms with Crippen molar-refractivity contribution in [2.75, 3.05) is 17.2 Å². The van der Waals surface area contributed by atoms with E-state index in [1.54, 1.807) is 11.3 Å². The van der Waals surface area contributed by atoms with Crippen LogP contribution in [0.25, 0.3) is 0 Å². The summed E-state index contributed by atoms with van der Waals surface area (Å²) in [4.78, 5) is 6.87. The van der Waals surface area contributed by atoms with E-state index in [1.165, 1.54) is 5.69 Å². The summed E-state index contributed by atoms with van der Waals surface area (Å²) < 4.78 is 0. The number of anilines is 2. The quantitative estimate of drug-likeness (QED) is 0.838. The normalized spacial score (nSPS) is 10.6. The van der Waals surface area contributed by atoms with E-state index in [0.717, 1.165) is 35.9 Å². The molecule has 1 aromatic heterocycles. The summed E-state index contributed by atoms with van der Waals surface area (Å²) >= 11 is 1.72. The molecule has 0 fully saturated rings. The monoisotopic (exact) mass is 261 g/mol. The zero-order chi connectivity index (χ0) is 13.0. The lowest BCUT2D eigenvalue weighted by molar-refractivity contribution is 0.762. The van der Waals surface area contributed by atoms with Gasteiger partial charge in [0.15, 0.2) is 0 Å². The van der Waals surface area contributed by atoms with E-state index in [9.17, 15) is 0 Å². The van der Waals surface area contributed by atoms with E-state index in [-0.39, 0.29) is 0 Å². The van der Waals surface area contributed by atoms with E-state index in [2.05, 4.69) is 34.3 Å². The Morgan fingerprint density at radius 1 is 1.28 bits per heavy atom. The second kappa shape index (κ2) is 5.87. The topological polar surface area (TPSA) is 42.2 Å². The van der Waals surface area contributed by atoms with Crippen molar-refractivity contribution in [2.24, 2.45) is 0 Å². The summed E-state index contributed by atoms with van der Waals surface area (Å²) in [6.07, 6.45) is 1.12. The van der Waals surface area contributed by atoms with Crippen molar-refractivity contribution < 1.29 is 0 Å². The summed E-state index contributed by atoms with van der Waals surface area (Å²) in [6.45, 7) is 6.13. The van der Waals surface area contributed by atoms with Gasteiger partial charge in [-0.1, -0.05) is 6.92 Å². The Labute approximate surface area is 112 Å². The molecule has 2 rings (SSSR count). The summed E-state index contributed by atoms with van der Waals surface area (Å²) in [5.74, 6) is 0. The Morgan fingerprint density at radius 2 is 2.00 bits per heavy atom. The molecular weight excluding hydrogens is 242 g/mol. The Morgan fingerprint density at radius 3 is 2.56 bits per heavy atom. The Balaban J connectivity index is 2.14. The fourth-order valence-electron chi connectivity index (χ4n) is 1.89. The first-order chi connectivity index (χ1) is 8.69. The van der Waals surface area contributed by atoms with Crippen LogP contribution in [0.2, 0.25) is 0 Å². The number of aromatic nitrogens is 1. The van der Waals surface area contributed by atoms with Gasteiger partial charge in [-0.05, 0) is 37.6 Å². The van der Waals surface area contributed by atoms with Gasteiger partial charge in [-0.2, -0.15) is 0 Å². The molecule has 96 valence electrons. The van der Waals surface area contributed by atoms with Crippen LogP contribution in [0.15, 0.2) is 29.6 Å². The number of nitrogen functional groups attached to an aromatic ring is 1. The molecule has 0 aliphatic carbocycles. The zero-order valence-electron chi connectivity index (χ0n) is 10.9. The second-order valence-electron chi connectivity index (χ2n) is 4.40. The fraction of sp³-hybridized carbons (Fsp3) is 0.357. The van der Waals surface area contributed by atoms with Crippen LogP contribution in [-0.4, -0.2) is 11.5 Å². The number of thiazole rings is 1. The van der Waals surface area contributed by atoms with Crippen LogP contribution in [-0.2, 0) is 6.54 Å². The number of nitrogens with two attached hydrogens (primary N) is 1. The largest absolute Gasteiger partial charge is 0.399 e. The Bertz CT molecular complexity index is 490. The van der Waals surface area contributed by atoms with Crippen molar-refractivity contribution in [2.45, 2.75) is 26.8 Å². The smallest absolute Gasteiger partial charge is 0.112 e. The van der Waals surface area contributed by atoms with Crippen LogP contribution in [0.3, 0.4) is 0 Å². The molecule has 0 saturated carbocycles. The molecule has 4 heteroatoms. The maximum Gasteiger partial charge on any atom is 0.112 e. The van der Waals surface area contributed by atoms with Gasteiger partial charge in [0.1, 0.15) is 5.01 Å². The predicted molar refractivity (Wildman–Crippen MR) is 79.0 cm³/mol. The predicted octanol–water partition coefficient (Wildman–Crippen LogP) is 3.45. The van der Waals surface area contributed by atoms with Gasteiger partial charge >= 0.3 is 0 Å². The average Bonchev–Trinajstić information content (AvgIpc) is 2.75. The molecule has 0 bridgehead atoms. The number of rotatable bonds is 5. The average molecular weight is 261 g/mol. The van der Waals surface area contributed by atoms with Crippen LogP contribution < -0.4 is 10.6 Å². The van der Waals surface area contributed by atoms with Crippen LogP contribution in [0, 0.1) is 6.92 Å². The van der Waals surface area contributed by atoms with Crippen molar-refractivity contribution >= 4 is 22.7 Å². The van der Waals surface area contributed by atoms with Crippen molar-refractivity contribution in [3.63, 3.8) is 0 Å². The molecule has 0 radical (unpaired) electrons. The number of hydrogen-bond acceptors (Lipinski definition) is 4.